The maximum Gasteiger partial charge on any atom is 0.338 e. The lowest BCUT2D eigenvalue weighted by Crippen LogP contribution is -2.09. The SMILES string of the molecule is COC(=O)c1ccc(S(C)(=O)=O)c(F)c1C. The van der Waals surface area contributed by atoms with Crippen LogP contribution in [0.4, 0.5) is 4.39 Å². The molecule has 6 heteroatoms. The Morgan fingerprint density at radius 2 is 1.94 bits per heavy atom. The number of esters is 1. The summed E-state index contributed by atoms with van der Waals surface area (Å²) >= 11 is 0. The molecule has 0 amide bonds. The van der Waals surface area contributed by atoms with E-state index >= 15 is 0 Å². The number of rotatable bonds is 2. The Labute approximate surface area is 93.0 Å². The predicted molar refractivity (Wildman–Crippen MR) is 55.6 cm³/mol. The van der Waals surface area contributed by atoms with Crippen LogP contribution in [0.5, 0.6) is 0 Å². The summed E-state index contributed by atoms with van der Waals surface area (Å²) in [4.78, 5) is 10.8. The topological polar surface area (TPSA) is 60.4 Å². The van der Waals surface area contributed by atoms with E-state index in [-0.39, 0.29) is 11.1 Å². The molecule has 0 aromatic heterocycles. The summed E-state index contributed by atoms with van der Waals surface area (Å²) in [7, 11) is -2.46. The van der Waals surface area contributed by atoms with Gasteiger partial charge in [-0.05, 0) is 19.1 Å². The van der Waals surface area contributed by atoms with Crippen molar-refractivity contribution in [1.82, 2.24) is 0 Å². The second kappa shape index (κ2) is 4.21. The Kier molecular flexibility index (Phi) is 3.32. The van der Waals surface area contributed by atoms with Crippen molar-refractivity contribution in [2.75, 3.05) is 13.4 Å². The van der Waals surface area contributed by atoms with Crippen LogP contribution in [0.2, 0.25) is 0 Å². The highest BCUT2D eigenvalue weighted by Gasteiger charge is 2.20. The molecule has 1 aromatic rings. The summed E-state index contributed by atoms with van der Waals surface area (Å²) < 4.78 is 40.5. The van der Waals surface area contributed by atoms with Crippen molar-refractivity contribution in [3.05, 3.63) is 29.1 Å². The zero-order chi connectivity index (χ0) is 12.5. The summed E-state index contributed by atoms with van der Waals surface area (Å²) in [5, 5.41) is 0. The molecule has 0 saturated carbocycles. The van der Waals surface area contributed by atoms with E-state index in [9.17, 15) is 17.6 Å². The Hall–Kier alpha value is -1.43. The Morgan fingerprint density at radius 1 is 1.38 bits per heavy atom. The molecule has 0 unspecified atom stereocenters. The quantitative estimate of drug-likeness (QED) is 0.738. The van der Waals surface area contributed by atoms with E-state index < -0.39 is 26.5 Å². The van der Waals surface area contributed by atoms with Gasteiger partial charge in [-0.25, -0.2) is 17.6 Å². The number of hydrogen-bond donors (Lipinski definition) is 0. The molecule has 0 radical (unpaired) electrons. The fourth-order valence-electron chi connectivity index (χ4n) is 1.28. The first-order valence-electron chi connectivity index (χ1n) is 4.36. The zero-order valence-corrected chi connectivity index (χ0v) is 9.89. The monoisotopic (exact) mass is 246 g/mol. The fourth-order valence-corrected chi connectivity index (χ4v) is 2.07. The van der Waals surface area contributed by atoms with Gasteiger partial charge in [0, 0.05) is 11.8 Å². The van der Waals surface area contributed by atoms with Crippen molar-refractivity contribution in [2.24, 2.45) is 0 Å². The first-order chi connectivity index (χ1) is 7.29. The third-order valence-electron chi connectivity index (χ3n) is 2.16. The third-order valence-corrected chi connectivity index (χ3v) is 3.27. The fraction of sp³-hybridized carbons (Fsp3) is 0.300. The maximum absolute atomic E-state index is 13.7. The van der Waals surface area contributed by atoms with Gasteiger partial charge in [0.05, 0.1) is 12.7 Å². The summed E-state index contributed by atoms with van der Waals surface area (Å²) in [6.07, 6.45) is 0.905. The number of halogens is 1. The Morgan fingerprint density at radius 3 is 2.38 bits per heavy atom. The van der Waals surface area contributed by atoms with Crippen LogP contribution in [0, 0.1) is 12.7 Å². The average molecular weight is 246 g/mol. The number of sulfone groups is 1. The van der Waals surface area contributed by atoms with Crippen LogP contribution in [0.1, 0.15) is 15.9 Å². The average Bonchev–Trinajstić information content (AvgIpc) is 2.19. The normalized spacial score (nSPS) is 11.2. The molecule has 0 bridgehead atoms. The molecule has 0 fully saturated rings. The van der Waals surface area contributed by atoms with Crippen LogP contribution in [0.25, 0.3) is 0 Å². The minimum Gasteiger partial charge on any atom is -0.465 e. The van der Waals surface area contributed by atoms with Gasteiger partial charge in [0.1, 0.15) is 10.7 Å². The van der Waals surface area contributed by atoms with Gasteiger partial charge in [0.15, 0.2) is 9.84 Å². The van der Waals surface area contributed by atoms with Gasteiger partial charge in [-0.2, -0.15) is 0 Å². The smallest absolute Gasteiger partial charge is 0.338 e. The lowest BCUT2D eigenvalue weighted by atomic mass is 10.1. The molecule has 16 heavy (non-hydrogen) atoms. The standard InChI is InChI=1S/C10H11FO4S/c1-6-7(10(12)15-2)4-5-8(9(6)11)16(3,13)14/h4-5H,1-3H3. The van der Waals surface area contributed by atoms with E-state index in [0.29, 0.717) is 0 Å². The molecule has 0 atom stereocenters. The van der Waals surface area contributed by atoms with Gasteiger partial charge in [-0.1, -0.05) is 0 Å². The van der Waals surface area contributed by atoms with Gasteiger partial charge < -0.3 is 4.74 Å². The van der Waals surface area contributed by atoms with Crippen molar-refractivity contribution >= 4 is 15.8 Å². The van der Waals surface area contributed by atoms with Crippen molar-refractivity contribution in [1.29, 1.82) is 0 Å². The van der Waals surface area contributed by atoms with E-state index in [1.54, 1.807) is 0 Å². The molecular formula is C10H11FO4S. The molecule has 0 heterocycles. The molecule has 88 valence electrons. The first kappa shape index (κ1) is 12.6. The highest BCUT2D eigenvalue weighted by atomic mass is 32.2. The van der Waals surface area contributed by atoms with Crippen LogP contribution in [-0.2, 0) is 14.6 Å². The van der Waals surface area contributed by atoms with E-state index in [4.69, 9.17) is 0 Å². The van der Waals surface area contributed by atoms with Crippen molar-refractivity contribution < 1.29 is 22.3 Å². The van der Waals surface area contributed by atoms with E-state index in [2.05, 4.69) is 4.74 Å². The van der Waals surface area contributed by atoms with Gasteiger partial charge in [-0.15, -0.1) is 0 Å². The number of carbonyl (C=O) groups excluding carboxylic acids is 1. The maximum atomic E-state index is 13.7. The molecule has 0 aliphatic rings. The number of carbonyl (C=O) groups is 1. The summed E-state index contributed by atoms with van der Waals surface area (Å²) in [5.41, 5.74) is -0.0119. The van der Waals surface area contributed by atoms with E-state index in [1.807, 2.05) is 0 Å². The van der Waals surface area contributed by atoms with Crippen molar-refractivity contribution in [3.8, 4) is 0 Å². The number of ether oxygens (including phenoxy) is 1. The van der Waals surface area contributed by atoms with Crippen LogP contribution in [0.3, 0.4) is 0 Å². The summed E-state index contributed by atoms with van der Waals surface area (Å²) in [5.74, 6) is -1.61. The second-order valence-electron chi connectivity index (χ2n) is 3.31. The van der Waals surface area contributed by atoms with Gasteiger partial charge in [-0.3, -0.25) is 0 Å². The molecule has 0 N–H and O–H groups in total. The highest BCUT2D eigenvalue weighted by Crippen LogP contribution is 2.21. The van der Waals surface area contributed by atoms with E-state index in [0.717, 1.165) is 12.3 Å². The Bertz CT molecular complexity index is 534. The lowest BCUT2D eigenvalue weighted by molar-refractivity contribution is 0.0599. The lowest BCUT2D eigenvalue weighted by Gasteiger charge is -2.07. The Balaban J connectivity index is 3.47. The largest absolute Gasteiger partial charge is 0.465 e. The molecule has 1 aromatic carbocycles. The minimum atomic E-state index is -3.63. The van der Waals surface area contributed by atoms with Gasteiger partial charge in [0.2, 0.25) is 0 Å². The number of methoxy groups -OCH3 is 1. The highest BCUT2D eigenvalue weighted by molar-refractivity contribution is 7.90. The zero-order valence-electron chi connectivity index (χ0n) is 9.07. The number of benzene rings is 1. The van der Waals surface area contributed by atoms with Crippen LogP contribution < -0.4 is 0 Å². The molecule has 4 nitrogen and oxygen atoms in total. The molecule has 1 rings (SSSR count). The predicted octanol–water partition coefficient (Wildman–Crippen LogP) is 1.32. The van der Waals surface area contributed by atoms with E-state index in [1.165, 1.54) is 20.1 Å². The van der Waals surface area contributed by atoms with Crippen molar-refractivity contribution in [3.63, 3.8) is 0 Å². The van der Waals surface area contributed by atoms with Gasteiger partial charge in [0.25, 0.3) is 0 Å². The second-order valence-corrected chi connectivity index (χ2v) is 5.30. The first-order valence-corrected chi connectivity index (χ1v) is 6.25. The van der Waals surface area contributed by atoms with Gasteiger partial charge >= 0.3 is 5.97 Å². The summed E-state index contributed by atoms with van der Waals surface area (Å²) in [6, 6.07) is 2.30. The third kappa shape index (κ3) is 2.21. The van der Waals surface area contributed by atoms with Crippen LogP contribution in [-0.4, -0.2) is 27.8 Å². The molecule has 0 aliphatic heterocycles. The molecule has 0 saturated heterocycles. The summed E-state index contributed by atoms with van der Waals surface area (Å²) in [6.45, 7) is 1.33. The van der Waals surface area contributed by atoms with Crippen molar-refractivity contribution in [2.45, 2.75) is 11.8 Å². The number of hydrogen-bond acceptors (Lipinski definition) is 4. The van der Waals surface area contributed by atoms with Crippen LogP contribution in [0.15, 0.2) is 17.0 Å². The van der Waals surface area contributed by atoms with Crippen LogP contribution >= 0.6 is 0 Å². The molecular weight excluding hydrogens is 235 g/mol. The molecule has 0 aliphatic carbocycles. The minimum absolute atomic E-state index is 0.0207. The molecule has 0 spiro atoms.